The fraction of sp³-hybridized carbons (Fsp3) is 0.600. The van der Waals surface area contributed by atoms with Gasteiger partial charge >= 0.3 is 6.03 Å². The summed E-state index contributed by atoms with van der Waals surface area (Å²) in [6, 6.07) is 5.40. The van der Waals surface area contributed by atoms with Crippen LogP contribution in [0.2, 0.25) is 0 Å². The first-order valence-corrected chi connectivity index (χ1v) is 9.57. The fourth-order valence-corrected chi connectivity index (χ4v) is 3.50. The number of rotatable bonds is 9. The first-order valence-electron chi connectivity index (χ1n) is 9.57. The lowest BCUT2D eigenvalue weighted by Crippen LogP contribution is -2.40. The molecule has 1 aromatic carbocycles. The molecule has 8 heteroatoms. The maximum atomic E-state index is 12.9. The Morgan fingerprint density at radius 3 is 2.57 bits per heavy atom. The molecule has 28 heavy (non-hydrogen) atoms. The van der Waals surface area contributed by atoms with Crippen LogP contribution in [-0.2, 0) is 9.53 Å². The molecule has 1 aliphatic rings. The Morgan fingerprint density at radius 1 is 1.14 bits per heavy atom. The SMILES string of the molecule is CCNC(=O)N1C[C@@H](C(=O)NCCCOC)[C@H](c2ccc(OC)cc2OC)C1. The maximum absolute atomic E-state index is 12.9. The lowest BCUT2D eigenvalue weighted by atomic mass is 9.87. The number of nitrogens with zero attached hydrogens (tertiary/aromatic N) is 1. The molecule has 2 rings (SSSR count). The summed E-state index contributed by atoms with van der Waals surface area (Å²) in [5.74, 6) is 0.753. The number of hydrogen-bond acceptors (Lipinski definition) is 5. The highest BCUT2D eigenvalue weighted by molar-refractivity contribution is 5.83. The predicted molar refractivity (Wildman–Crippen MR) is 106 cm³/mol. The maximum Gasteiger partial charge on any atom is 0.317 e. The zero-order valence-corrected chi connectivity index (χ0v) is 17.1. The minimum absolute atomic E-state index is 0.0641. The lowest BCUT2D eigenvalue weighted by molar-refractivity contribution is -0.124. The smallest absolute Gasteiger partial charge is 0.317 e. The van der Waals surface area contributed by atoms with Crippen LogP contribution in [0.15, 0.2) is 18.2 Å². The molecule has 1 aromatic rings. The van der Waals surface area contributed by atoms with Gasteiger partial charge in [0.05, 0.1) is 20.1 Å². The number of carbonyl (C=O) groups excluding carboxylic acids is 2. The minimum atomic E-state index is -0.354. The van der Waals surface area contributed by atoms with Crippen molar-refractivity contribution in [1.82, 2.24) is 15.5 Å². The molecule has 0 saturated carbocycles. The summed E-state index contributed by atoms with van der Waals surface area (Å²) in [6.45, 7) is 4.35. The molecule has 1 saturated heterocycles. The van der Waals surface area contributed by atoms with Gasteiger partial charge in [-0.15, -0.1) is 0 Å². The molecular formula is C20H31N3O5. The first-order chi connectivity index (χ1) is 13.5. The van der Waals surface area contributed by atoms with Gasteiger partial charge in [-0.05, 0) is 19.4 Å². The van der Waals surface area contributed by atoms with Gasteiger partial charge in [0, 0.05) is 57.4 Å². The number of carbonyl (C=O) groups is 2. The van der Waals surface area contributed by atoms with Gasteiger partial charge < -0.3 is 29.7 Å². The Balaban J connectivity index is 2.24. The van der Waals surface area contributed by atoms with Gasteiger partial charge in [-0.3, -0.25) is 4.79 Å². The zero-order valence-electron chi connectivity index (χ0n) is 17.1. The number of benzene rings is 1. The third-order valence-corrected chi connectivity index (χ3v) is 4.94. The molecule has 0 aliphatic carbocycles. The summed E-state index contributed by atoms with van der Waals surface area (Å²) in [7, 11) is 4.82. The van der Waals surface area contributed by atoms with Crippen molar-refractivity contribution in [3.8, 4) is 11.5 Å². The van der Waals surface area contributed by atoms with E-state index in [0.29, 0.717) is 44.3 Å². The number of hydrogen-bond donors (Lipinski definition) is 2. The molecule has 0 radical (unpaired) electrons. The third-order valence-electron chi connectivity index (χ3n) is 4.94. The molecule has 8 nitrogen and oxygen atoms in total. The molecule has 0 unspecified atom stereocenters. The van der Waals surface area contributed by atoms with Crippen LogP contribution in [0.4, 0.5) is 4.79 Å². The number of ether oxygens (including phenoxy) is 3. The number of nitrogens with one attached hydrogen (secondary N) is 2. The second-order valence-electron chi connectivity index (χ2n) is 6.70. The summed E-state index contributed by atoms with van der Waals surface area (Å²) in [6.07, 6.45) is 0.742. The minimum Gasteiger partial charge on any atom is -0.497 e. The second-order valence-corrected chi connectivity index (χ2v) is 6.70. The van der Waals surface area contributed by atoms with Gasteiger partial charge in [-0.1, -0.05) is 6.07 Å². The highest BCUT2D eigenvalue weighted by Crippen LogP contribution is 2.39. The fourth-order valence-electron chi connectivity index (χ4n) is 3.50. The molecule has 0 aromatic heterocycles. The van der Waals surface area contributed by atoms with E-state index < -0.39 is 0 Å². The number of amides is 3. The molecule has 0 spiro atoms. The van der Waals surface area contributed by atoms with E-state index in [9.17, 15) is 9.59 Å². The summed E-state index contributed by atoms with van der Waals surface area (Å²) in [5.41, 5.74) is 0.895. The monoisotopic (exact) mass is 393 g/mol. The number of likely N-dealkylation sites (tertiary alicyclic amines) is 1. The summed E-state index contributed by atoms with van der Waals surface area (Å²) >= 11 is 0. The van der Waals surface area contributed by atoms with E-state index in [-0.39, 0.29) is 23.8 Å². The second kappa shape index (κ2) is 10.8. The highest BCUT2D eigenvalue weighted by atomic mass is 16.5. The summed E-state index contributed by atoms with van der Waals surface area (Å²) in [5, 5.41) is 5.78. The van der Waals surface area contributed by atoms with E-state index in [2.05, 4.69) is 10.6 Å². The van der Waals surface area contributed by atoms with Crippen molar-refractivity contribution in [2.75, 3.05) is 54.1 Å². The van der Waals surface area contributed by atoms with Crippen LogP contribution in [0.1, 0.15) is 24.8 Å². The Labute approximate surface area is 166 Å². The van der Waals surface area contributed by atoms with Crippen molar-refractivity contribution in [1.29, 1.82) is 0 Å². The van der Waals surface area contributed by atoms with E-state index in [1.807, 2.05) is 19.1 Å². The van der Waals surface area contributed by atoms with Gasteiger partial charge in [-0.25, -0.2) is 4.79 Å². The summed E-state index contributed by atoms with van der Waals surface area (Å²) in [4.78, 5) is 26.9. The highest BCUT2D eigenvalue weighted by Gasteiger charge is 2.41. The van der Waals surface area contributed by atoms with Crippen molar-refractivity contribution in [2.45, 2.75) is 19.3 Å². The van der Waals surface area contributed by atoms with Crippen molar-refractivity contribution >= 4 is 11.9 Å². The Bertz CT molecular complexity index is 667. The van der Waals surface area contributed by atoms with Gasteiger partial charge in [0.2, 0.25) is 5.91 Å². The average molecular weight is 393 g/mol. The Kier molecular flexibility index (Phi) is 8.38. The Hall–Kier alpha value is -2.48. The van der Waals surface area contributed by atoms with Gasteiger partial charge in [0.25, 0.3) is 0 Å². The molecule has 3 amide bonds. The molecule has 1 aliphatic heterocycles. The van der Waals surface area contributed by atoms with Crippen LogP contribution < -0.4 is 20.1 Å². The van der Waals surface area contributed by atoms with Crippen LogP contribution in [0.25, 0.3) is 0 Å². The Morgan fingerprint density at radius 2 is 1.93 bits per heavy atom. The molecule has 1 heterocycles. The standard InChI is InChI=1S/C20H31N3O5/c1-5-21-20(25)23-12-16(15-8-7-14(27-3)11-18(15)28-4)17(13-23)19(24)22-9-6-10-26-2/h7-8,11,16-17H,5-6,9-10,12-13H2,1-4H3,(H,21,25)(H,22,24)/t16-,17+/m0/s1. The van der Waals surface area contributed by atoms with E-state index in [1.165, 1.54) is 0 Å². The normalized spacial score (nSPS) is 18.6. The van der Waals surface area contributed by atoms with Crippen LogP contribution in [-0.4, -0.2) is 71.0 Å². The van der Waals surface area contributed by atoms with E-state index in [1.54, 1.807) is 32.3 Å². The molecule has 2 atom stereocenters. The van der Waals surface area contributed by atoms with Crippen molar-refractivity contribution in [3.05, 3.63) is 23.8 Å². The van der Waals surface area contributed by atoms with Gasteiger partial charge in [0.1, 0.15) is 11.5 Å². The van der Waals surface area contributed by atoms with Crippen LogP contribution >= 0.6 is 0 Å². The third kappa shape index (κ3) is 5.28. The summed E-state index contributed by atoms with van der Waals surface area (Å²) < 4.78 is 15.8. The first kappa shape index (κ1) is 21.8. The van der Waals surface area contributed by atoms with Crippen molar-refractivity contribution < 1.29 is 23.8 Å². The van der Waals surface area contributed by atoms with Gasteiger partial charge in [-0.2, -0.15) is 0 Å². The van der Waals surface area contributed by atoms with E-state index in [0.717, 1.165) is 12.0 Å². The molecule has 2 N–H and O–H groups in total. The quantitative estimate of drug-likeness (QED) is 0.622. The molecule has 0 bridgehead atoms. The van der Waals surface area contributed by atoms with Crippen molar-refractivity contribution in [3.63, 3.8) is 0 Å². The number of urea groups is 1. The van der Waals surface area contributed by atoms with Gasteiger partial charge in [0.15, 0.2) is 0 Å². The topological polar surface area (TPSA) is 89.1 Å². The molecular weight excluding hydrogens is 362 g/mol. The lowest BCUT2D eigenvalue weighted by Gasteiger charge is -2.21. The largest absolute Gasteiger partial charge is 0.497 e. The number of methoxy groups -OCH3 is 3. The van der Waals surface area contributed by atoms with E-state index in [4.69, 9.17) is 14.2 Å². The van der Waals surface area contributed by atoms with Crippen LogP contribution in [0.5, 0.6) is 11.5 Å². The van der Waals surface area contributed by atoms with E-state index >= 15 is 0 Å². The zero-order chi connectivity index (χ0) is 20.5. The molecule has 156 valence electrons. The molecule has 1 fully saturated rings. The predicted octanol–water partition coefficient (Wildman–Crippen LogP) is 1.60. The average Bonchev–Trinajstić information content (AvgIpc) is 3.16. The van der Waals surface area contributed by atoms with Crippen molar-refractivity contribution in [2.24, 2.45) is 5.92 Å². The van der Waals surface area contributed by atoms with Crippen LogP contribution in [0, 0.1) is 5.92 Å². The van der Waals surface area contributed by atoms with Crippen LogP contribution in [0.3, 0.4) is 0 Å².